The summed E-state index contributed by atoms with van der Waals surface area (Å²) in [6, 6.07) is 23.5. The summed E-state index contributed by atoms with van der Waals surface area (Å²) in [6.07, 6.45) is 4.91. The van der Waals surface area contributed by atoms with Gasteiger partial charge in [0.2, 0.25) is 0 Å². The number of fused-ring (bicyclic) bond motifs is 4. The van der Waals surface area contributed by atoms with Gasteiger partial charge in [-0.25, -0.2) is 0 Å². The monoisotopic (exact) mass is 803 g/mol. The predicted octanol–water partition coefficient (Wildman–Crippen LogP) is 9.73. The number of carbonyl (C=O) groups excluding carboxylic acids is 1. The van der Waals surface area contributed by atoms with Crippen molar-refractivity contribution in [1.29, 1.82) is 0 Å². The third kappa shape index (κ3) is 7.36. The molecule has 3 aromatic carbocycles. The van der Waals surface area contributed by atoms with E-state index in [2.05, 4.69) is 94.5 Å². The molecule has 0 saturated heterocycles. The fraction of sp³-hybridized carbons (Fsp3) is 0.421. The second kappa shape index (κ2) is 14.8. The Morgan fingerprint density at radius 3 is 2.16 bits per heavy atom. The van der Waals surface area contributed by atoms with E-state index in [4.69, 9.17) is 4.98 Å². The number of aromatic nitrogens is 1. The summed E-state index contributed by atoms with van der Waals surface area (Å²) in [4.78, 5) is 18.3. The molecule has 0 atom stereocenters. The first-order chi connectivity index (χ1) is 20.4. The SMILES string of the molecule is CC(C)(C)c1cc(-c2nc3c(s2)-c2ccccc2[Si]3(C)C)[c-]c2ccccc12.CCC(CC)C(=O)/C=C(\O)C(CC)CC.[Ir]. The minimum atomic E-state index is -1.71. The molecule has 2 heterocycles. The fourth-order valence-corrected chi connectivity index (χ4v) is 11.0. The van der Waals surface area contributed by atoms with E-state index in [-0.39, 0.29) is 48.9 Å². The van der Waals surface area contributed by atoms with Crippen LogP contribution in [0.15, 0.2) is 66.4 Å². The van der Waals surface area contributed by atoms with Crippen molar-refractivity contribution < 1.29 is 30.0 Å². The number of rotatable bonds is 8. The van der Waals surface area contributed by atoms with Crippen molar-refractivity contribution >= 4 is 46.5 Å². The molecule has 0 amide bonds. The summed E-state index contributed by atoms with van der Waals surface area (Å²) in [5.74, 6) is 0.547. The van der Waals surface area contributed by atoms with Gasteiger partial charge in [-0.3, -0.25) is 9.78 Å². The minimum Gasteiger partial charge on any atom is -0.512 e. The van der Waals surface area contributed by atoms with Crippen LogP contribution in [0.25, 0.3) is 31.8 Å². The summed E-state index contributed by atoms with van der Waals surface area (Å²) in [6.45, 7) is 19.8. The molecule has 1 radical (unpaired) electrons. The van der Waals surface area contributed by atoms with Gasteiger partial charge in [0.05, 0.1) is 10.8 Å². The molecule has 44 heavy (non-hydrogen) atoms. The van der Waals surface area contributed by atoms with Crippen LogP contribution in [-0.4, -0.2) is 23.9 Å². The van der Waals surface area contributed by atoms with Crippen LogP contribution in [0.4, 0.5) is 0 Å². The van der Waals surface area contributed by atoms with Crippen molar-refractivity contribution in [3.8, 4) is 21.0 Å². The zero-order chi connectivity index (χ0) is 31.5. The van der Waals surface area contributed by atoms with Gasteiger partial charge in [-0.1, -0.05) is 115 Å². The van der Waals surface area contributed by atoms with Crippen LogP contribution >= 0.6 is 11.3 Å². The molecular formula is C38H48IrNO2SSi-. The Hall–Kier alpha value is -2.37. The first-order valence-corrected chi connectivity index (χ1v) is 19.7. The maximum atomic E-state index is 11.7. The van der Waals surface area contributed by atoms with Gasteiger partial charge in [0, 0.05) is 48.2 Å². The number of benzene rings is 3. The minimum absolute atomic E-state index is 0. The Morgan fingerprint density at radius 2 is 1.55 bits per heavy atom. The summed E-state index contributed by atoms with van der Waals surface area (Å²) in [5.41, 5.74) is 3.97. The molecule has 6 heteroatoms. The number of aliphatic hydroxyl groups excluding tert-OH is 1. The summed E-state index contributed by atoms with van der Waals surface area (Å²) in [7, 11) is -1.71. The zero-order valence-electron chi connectivity index (χ0n) is 27.8. The van der Waals surface area contributed by atoms with Gasteiger partial charge in [-0.05, 0) is 41.8 Å². The maximum Gasteiger partial charge on any atom is 0.162 e. The molecular weight excluding hydrogens is 755 g/mol. The first kappa shape index (κ1) is 36.1. The smallest absolute Gasteiger partial charge is 0.162 e. The third-order valence-electron chi connectivity index (χ3n) is 8.96. The normalized spacial score (nSPS) is 13.8. The predicted molar refractivity (Wildman–Crippen MR) is 189 cm³/mol. The van der Waals surface area contributed by atoms with Crippen LogP contribution < -0.4 is 10.5 Å². The van der Waals surface area contributed by atoms with Crippen molar-refractivity contribution in [2.45, 2.75) is 92.7 Å². The van der Waals surface area contributed by atoms with Gasteiger partial charge >= 0.3 is 0 Å². The van der Waals surface area contributed by atoms with Crippen molar-refractivity contribution in [3.63, 3.8) is 0 Å². The molecule has 1 aromatic heterocycles. The average Bonchev–Trinajstić information content (AvgIpc) is 3.52. The van der Waals surface area contributed by atoms with Crippen LogP contribution in [0.3, 0.4) is 0 Å². The number of allylic oxidation sites excluding steroid dienone is 2. The number of nitrogens with zero attached hydrogens (tertiary/aromatic N) is 1. The van der Waals surface area contributed by atoms with E-state index in [9.17, 15) is 9.90 Å². The van der Waals surface area contributed by atoms with Gasteiger partial charge < -0.3 is 5.11 Å². The van der Waals surface area contributed by atoms with Gasteiger partial charge in [0.1, 0.15) is 8.07 Å². The number of aliphatic hydroxyl groups is 1. The zero-order valence-corrected chi connectivity index (χ0v) is 32.0. The second-order valence-electron chi connectivity index (χ2n) is 13.3. The second-order valence-corrected chi connectivity index (χ2v) is 18.5. The summed E-state index contributed by atoms with van der Waals surface area (Å²) in [5, 5.41) is 16.2. The van der Waals surface area contributed by atoms with Crippen LogP contribution in [0.2, 0.25) is 13.1 Å². The largest absolute Gasteiger partial charge is 0.512 e. The first-order valence-electron chi connectivity index (χ1n) is 15.9. The molecule has 0 spiro atoms. The quantitative estimate of drug-likeness (QED) is 0.0836. The van der Waals surface area contributed by atoms with Crippen LogP contribution in [-0.2, 0) is 30.3 Å². The molecule has 3 nitrogen and oxygen atoms in total. The number of carbonyl (C=O) groups is 1. The van der Waals surface area contributed by atoms with E-state index in [1.807, 2.05) is 39.0 Å². The summed E-state index contributed by atoms with van der Waals surface area (Å²) >= 11 is 1.84. The fourth-order valence-electron chi connectivity index (χ4n) is 6.14. The van der Waals surface area contributed by atoms with Gasteiger partial charge in [0.25, 0.3) is 0 Å². The molecule has 0 bridgehead atoms. The van der Waals surface area contributed by atoms with E-state index in [1.54, 1.807) is 0 Å². The molecule has 1 N–H and O–H groups in total. The van der Waals surface area contributed by atoms with E-state index in [0.29, 0.717) is 0 Å². The Kier molecular flexibility index (Phi) is 12.2. The Bertz CT molecular complexity index is 1620. The molecule has 237 valence electrons. The van der Waals surface area contributed by atoms with E-state index in [0.717, 1.165) is 36.3 Å². The van der Waals surface area contributed by atoms with Crippen molar-refractivity contribution in [2.24, 2.45) is 11.8 Å². The van der Waals surface area contributed by atoms with Gasteiger partial charge in [0.15, 0.2) is 5.78 Å². The Morgan fingerprint density at radius 1 is 0.955 bits per heavy atom. The summed E-state index contributed by atoms with van der Waals surface area (Å²) < 4.78 is 0. The van der Waals surface area contributed by atoms with E-state index >= 15 is 0 Å². The Balaban J connectivity index is 0.000000286. The molecule has 0 aliphatic carbocycles. The van der Waals surface area contributed by atoms with Gasteiger partial charge in [-0.2, -0.15) is 11.3 Å². The molecule has 0 unspecified atom stereocenters. The van der Waals surface area contributed by atoms with Crippen LogP contribution in [0, 0.1) is 17.9 Å². The molecule has 0 saturated carbocycles. The van der Waals surface area contributed by atoms with Crippen molar-refractivity contribution in [3.05, 3.63) is 78.1 Å². The van der Waals surface area contributed by atoms with Gasteiger partial charge in [-0.15, -0.1) is 29.1 Å². The van der Waals surface area contributed by atoms with Crippen molar-refractivity contribution in [2.75, 3.05) is 0 Å². The number of thiazole rings is 1. The number of ketones is 1. The van der Waals surface area contributed by atoms with Crippen LogP contribution in [0.5, 0.6) is 0 Å². The molecule has 1 aliphatic rings. The number of hydrogen-bond donors (Lipinski definition) is 1. The molecule has 0 fully saturated rings. The average molecular weight is 803 g/mol. The molecule has 5 rings (SSSR count). The number of hydrogen-bond acceptors (Lipinski definition) is 4. The third-order valence-corrected chi connectivity index (χ3v) is 13.6. The van der Waals surface area contributed by atoms with E-state index in [1.165, 1.54) is 43.4 Å². The topological polar surface area (TPSA) is 50.2 Å². The van der Waals surface area contributed by atoms with Crippen LogP contribution in [0.1, 0.15) is 79.7 Å². The van der Waals surface area contributed by atoms with E-state index < -0.39 is 8.07 Å². The molecule has 4 aromatic rings. The molecule has 1 aliphatic heterocycles. The standard InChI is InChI=1S/C25H24NSSi.C13H24O2.Ir/c1-25(2,3)20-15-17(14-16-10-6-7-11-18(16)20)23-26-24-22(27-23)19-12-8-9-13-21(19)28(24,4)5;1-5-10(6-2)12(14)9-13(15)11(7-3)8-4;/h6-13,15H,1-5H3;9-11,14H,5-8H2,1-4H3;/q-1;;/b;12-9-;. The maximum absolute atomic E-state index is 11.7. The Labute approximate surface area is 283 Å². The van der Waals surface area contributed by atoms with Crippen molar-refractivity contribution in [1.82, 2.24) is 4.98 Å².